The first-order chi connectivity index (χ1) is 9.33. The Morgan fingerprint density at radius 2 is 2.05 bits per heavy atom. The molecule has 19 heavy (non-hydrogen) atoms. The van der Waals surface area contributed by atoms with Gasteiger partial charge in [0, 0.05) is 5.02 Å². The number of hydrogen-bond donors (Lipinski definition) is 1. The Bertz CT molecular complexity index is 649. The van der Waals surface area contributed by atoms with Crippen LogP contribution in [0.5, 0.6) is 0 Å². The molecule has 96 valence electrons. The van der Waals surface area contributed by atoms with Gasteiger partial charge in [0.1, 0.15) is 0 Å². The van der Waals surface area contributed by atoms with Crippen molar-refractivity contribution >= 4 is 23.4 Å². The van der Waals surface area contributed by atoms with Crippen LogP contribution >= 0.6 is 23.4 Å². The molecule has 0 saturated carbocycles. The third-order valence-corrected chi connectivity index (χ3v) is 3.40. The Morgan fingerprint density at radius 3 is 2.79 bits per heavy atom. The lowest BCUT2D eigenvalue weighted by molar-refractivity contribution is 0.756. The van der Waals surface area contributed by atoms with Crippen LogP contribution in [-0.4, -0.2) is 40.8 Å². The van der Waals surface area contributed by atoms with Crippen LogP contribution in [0.2, 0.25) is 5.02 Å². The fraction of sp³-hybridized carbons (Fsp3) is 0.111. The van der Waals surface area contributed by atoms with E-state index in [1.54, 1.807) is 16.8 Å². The van der Waals surface area contributed by atoms with E-state index in [0.29, 0.717) is 21.8 Å². The van der Waals surface area contributed by atoms with Crippen LogP contribution in [0, 0.1) is 0 Å². The van der Waals surface area contributed by atoms with Gasteiger partial charge in [-0.3, -0.25) is 0 Å². The average molecular weight is 295 g/mol. The van der Waals surface area contributed by atoms with E-state index in [4.69, 9.17) is 11.6 Å². The number of halogens is 1. The molecule has 0 saturated heterocycles. The van der Waals surface area contributed by atoms with Crippen LogP contribution in [0.1, 0.15) is 5.82 Å². The van der Waals surface area contributed by atoms with Gasteiger partial charge >= 0.3 is 0 Å². The summed E-state index contributed by atoms with van der Waals surface area (Å²) in [7, 11) is 0. The Kier molecular flexibility index (Phi) is 3.38. The number of nitrogens with zero attached hydrogens (tertiary/aromatic N) is 7. The topological polar surface area (TPSA) is 98.1 Å². The van der Waals surface area contributed by atoms with Crippen LogP contribution in [0.4, 0.5) is 0 Å². The van der Waals surface area contributed by atoms with Gasteiger partial charge in [-0.15, -0.1) is 15.3 Å². The lowest BCUT2D eigenvalue weighted by Gasteiger charge is -2.02. The van der Waals surface area contributed by atoms with Gasteiger partial charge in [-0.25, -0.2) is 0 Å². The van der Waals surface area contributed by atoms with Crippen molar-refractivity contribution in [1.82, 2.24) is 40.8 Å². The summed E-state index contributed by atoms with van der Waals surface area (Å²) < 4.78 is 1.63. The SMILES string of the molecule is Clc1ccc(-n2nnnc2SCc2nn[nH]n2)cc1. The first-order valence-corrected chi connectivity index (χ1v) is 6.59. The van der Waals surface area contributed by atoms with E-state index in [2.05, 4.69) is 36.1 Å². The van der Waals surface area contributed by atoms with Gasteiger partial charge in [-0.1, -0.05) is 28.6 Å². The monoisotopic (exact) mass is 294 g/mol. The first kappa shape index (κ1) is 12.1. The molecule has 0 atom stereocenters. The summed E-state index contributed by atoms with van der Waals surface area (Å²) in [6.07, 6.45) is 0. The number of rotatable bonds is 4. The van der Waals surface area contributed by atoms with E-state index < -0.39 is 0 Å². The highest BCUT2D eigenvalue weighted by Crippen LogP contribution is 2.21. The summed E-state index contributed by atoms with van der Waals surface area (Å²) in [5.74, 6) is 1.13. The molecule has 2 heterocycles. The van der Waals surface area contributed by atoms with Gasteiger partial charge in [-0.2, -0.15) is 9.90 Å². The third-order valence-electron chi connectivity index (χ3n) is 2.23. The van der Waals surface area contributed by atoms with Crippen molar-refractivity contribution in [3.63, 3.8) is 0 Å². The lowest BCUT2D eigenvalue weighted by Crippen LogP contribution is -1.99. The molecule has 3 rings (SSSR count). The molecule has 3 aromatic rings. The van der Waals surface area contributed by atoms with E-state index >= 15 is 0 Å². The molecule has 0 amide bonds. The third kappa shape index (κ3) is 2.71. The number of thioether (sulfide) groups is 1. The van der Waals surface area contributed by atoms with Crippen molar-refractivity contribution in [2.45, 2.75) is 10.9 Å². The number of nitrogens with one attached hydrogen (secondary N) is 1. The minimum absolute atomic E-state index is 0.532. The molecular weight excluding hydrogens is 288 g/mol. The number of aromatic amines is 1. The highest BCUT2D eigenvalue weighted by atomic mass is 35.5. The van der Waals surface area contributed by atoms with Gasteiger partial charge in [0.25, 0.3) is 0 Å². The minimum Gasteiger partial charge on any atom is -0.187 e. The number of hydrogen-bond acceptors (Lipinski definition) is 7. The fourth-order valence-corrected chi connectivity index (χ4v) is 2.25. The normalized spacial score (nSPS) is 10.8. The number of H-pyrrole nitrogens is 1. The highest BCUT2D eigenvalue weighted by molar-refractivity contribution is 7.98. The summed E-state index contributed by atoms with van der Waals surface area (Å²) in [5, 5.41) is 26.5. The van der Waals surface area contributed by atoms with Gasteiger partial charge in [0.05, 0.1) is 11.4 Å². The predicted molar refractivity (Wildman–Crippen MR) is 67.9 cm³/mol. The molecule has 8 nitrogen and oxygen atoms in total. The van der Waals surface area contributed by atoms with Gasteiger partial charge in [0.2, 0.25) is 5.16 Å². The second-order valence-corrected chi connectivity index (χ2v) is 4.85. The minimum atomic E-state index is 0.532. The number of aromatic nitrogens is 8. The van der Waals surface area contributed by atoms with Crippen LogP contribution < -0.4 is 0 Å². The van der Waals surface area contributed by atoms with E-state index in [1.807, 2.05) is 12.1 Å². The molecular formula is C9H7ClN8S. The molecule has 0 aliphatic heterocycles. The van der Waals surface area contributed by atoms with Crippen molar-refractivity contribution in [1.29, 1.82) is 0 Å². The largest absolute Gasteiger partial charge is 0.214 e. The van der Waals surface area contributed by atoms with Gasteiger partial charge in [0.15, 0.2) is 5.82 Å². The second kappa shape index (κ2) is 5.33. The van der Waals surface area contributed by atoms with Crippen molar-refractivity contribution in [2.24, 2.45) is 0 Å². The van der Waals surface area contributed by atoms with E-state index in [-0.39, 0.29) is 0 Å². The quantitative estimate of drug-likeness (QED) is 0.720. The molecule has 0 unspecified atom stereocenters. The Labute approximate surface area is 116 Å². The smallest absolute Gasteiger partial charge is 0.187 e. The number of tetrazole rings is 2. The zero-order valence-corrected chi connectivity index (χ0v) is 11.0. The Balaban J connectivity index is 1.80. The molecule has 0 spiro atoms. The van der Waals surface area contributed by atoms with Crippen molar-refractivity contribution in [3.8, 4) is 5.69 Å². The molecule has 1 aromatic carbocycles. The van der Waals surface area contributed by atoms with Crippen LogP contribution in [0.15, 0.2) is 29.4 Å². The maximum Gasteiger partial charge on any atom is 0.214 e. The number of benzene rings is 1. The van der Waals surface area contributed by atoms with E-state index in [0.717, 1.165) is 5.69 Å². The lowest BCUT2D eigenvalue weighted by atomic mass is 10.3. The van der Waals surface area contributed by atoms with E-state index in [9.17, 15) is 0 Å². The maximum absolute atomic E-state index is 5.85. The summed E-state index contributed by atoms with van der Waals surface area (Å²) >= 11 is 7.27. The first-order valence-electron chi connectivity index (χ1n) is 5.22. The van der Waals surface area contributed by atoms with Gasteiger partial charge < -0.3 is 0 Å². The summed E-state index contributed by atoms with van der Waals surface area (Å²) in [6.45, 7) is 0. The van der Waals surface area contributed by atoms with E-state index in [1.165, 1.54) is 11.8 Å². The fourth-order valence-electron chi connectivity index (χ4n) is 1.39. The van der Waals surface area contributed by atoms with Crippen molar-refractivity contribution in [3.05, 3.63) is 35.1 Å². The van der Waals surface area contributed by atoms with Crippen molar-refractivity contribution in [2.75, 3.05) is 0 Å². The van der Waals surface area contributed by atoms with Crippen LogP contribution in [-0.2, 0) is 5.75 Å². The summed E-state index contributed by atoms with van der Waals surface area (Å²) in [4.78, 5) is 0. The molecule has 10 heteroatoms. The highest BCUT2D eigenvalue weighted by Gasteiger charge is 2.10. The standard InChI is InChI=1S/C9H7ClN8S/c10-6-1-3-7(4-2-6)18-9(13-16-17-18)19-5-8-11-14-15-12-8/h1-4H,5H2,(H,11,12,14,15). The Morgan fingerprint density at radius 1 is 1.21 bits per heavy atom. The molecule has 0 radical (unpaired) electrons. The van der Waals surface area contributed by atoms with Crippen molar-refractivity contribution < 1.29 is 0 Å². The van der Waals surface area contributed by atoms with Gasteiger partial charge in [-0.05, 0) is 34.7 Å². The molecule has 0 bridgehead atoms. The molecule has 0 aliphatic rings. The average Bonchev–Trinajstić information content (AvgIpc) is 3.08. The van der Waals surface area contributed by atoms with Crippen LogP contribution in [0.3, 0.4) is 0 Å². The zero-order chi connectivity index (χ0) is 13.1. The Hall–Kier alpha value is -2.00. The molecule has 0 aliphatic carbocycles. The van der Waals surface area contributed by atoms with Crippen LogP contribution in [0.25, 0.3) is 5.69 Å². The molecule has 0 fully saturated rings. The molecule has 1 N–H and O–H groups in total. The molecule has 2 aromatic heterocycles. The second-order valence-electron chi connectivity index (χ2n) is 3.47. The predicted octanol–water partition coefficient (Wildman–Crippen LogP) is 1.12. The summed E-state index contributed by atoms with van der Waals surface area (Å²) in [6, 6.07) is 7.26. The summed E-state index contributed by atoms with van der Waals surface area (Å²) in [5.41, 5.74) is 0.838. The zero-order valence-electron chi connectivity index (χ0n) is 9.43. The maximum atomic E-state index is 5.85.